The van der Waals surface area contributed by atoms with Crippen molar-refractivity contribution >= 4 is 70.7 Å². The summed E-state index contributed by atoms with van der Waals surface area (Å²) in [5.74, 6) is 2.47. The summed E-state index contributed by atoms with van der Waals surface area (Å²) in [6, 6.07) is 3.43. The van der Waals surface area contributed by atoms with Gasteiger partial charge >= 0.3 is 24.1 Å². The van der Waals surface area contributed by atoms with E-state index in [2.05, 4.69) is 0 Å². The second-order valence-electron chi connectivity index (χ2n) is 17.7. The summed E-state index contributed by atoms with van der Waals surface area (Å²) in [7, 11) is 29.7. The summed E-state index contributed by atoms with van der Waals surface area (Å²) in [5.41, 5.74) is 1.97. The molecule has 0 aromatic heterocycles. The molecule has 24 heteroatoms. The third-order valence-corrected chi connectivity index (χ3v) is 14.3. The Bertz CT molecular complexity index is 1870. The summed E-state index contributed by atoms with van der Waals surface area (Å²) < 4.78 is 0. The molecule has 8 aliphatic rings. The maximum atomic E-state index is 13.1. The molecular weight excluding hydrogens is 801 g/mol. The van der Waals surface area contributed by atoms with Crippen molar-refractivity contribution in [3.63, 3.8) is 0 Å². The molecule has 0 saturated carbocycles. The fourth-order valence-electron chi connectivity index (χ4n) is 11.1. The zero-order valence-corrected chi connectivity index (χ0v) is 38.4. The van der Waals surface area contributed by atoms with Gasteiger partial charge in [0.25, 0.3) is 0 Å². The van der Waals surface area contributed by atoms with Gasteiger partial charge in [0, 0.05) is 113 Å². The number of guanidine groups is 4. The van der Waals surface area contributed by atoms with Gasteiger partial charge in [-0.25, -0.2) is 39.1 Å². The molecule has 8 saturated heterocycles. The summed E-state index contributed by atoms with van der Waals surface area (Å²) >= 11 is 0. The van der Waals surface area contributed by atoms with E-state index in [0.29, 0.717) is 46.6 Å². The largest absolute Gasteiger partial charge is 0.323 e. The lowest BCUT2D eigenvalue weighted by Crippen LogP contribution is -2.42. The summed E-state index contributed by atoms with van der Waals surface area (Å²) in [6.45, 7) is 0. The van der Waals surface area contributed by atoms with E-state index in [1.54, 1.807) is 95.6 Å². The van der Waals surface area contributed by atoms with Gasteiger partial charge in [0.2, 0.25) is 23.8 Å². The Morgan fingerprint density at radius 1 is 0.258 bits per heavy atom. The molecule has 8 amide bonds. The van der Waals surface area contributed by atoms with Gasteiger partial charge in [-0.2, -0.15) is 0 Å². The van der Waals surface area contributed by atoms with Crippen LogP contribution in [0.4, 0.5) is 41.9 Å². The van der Waals surface area contributed by atoms with Crippen LogP contribution in [0, 0.1) is 0 Å². The Hall–Kier alpha value is -6.62. The first kappa shape index (κ1) is 40.8. The van der Waals surface area contributed by atoms with Crippen molar-refractivity contribution in [1.29, 1.82) is 0 Å². The van der Waals surface area contributed by atoms with Crippen LogP contribution in [0.1, 0.15) is 0 Å². The molecule has 62 heavy (non-hydrogen) atoms. The van der Waals surface area contributed by atoms with Crippen LogP contribution in [-0.2, 0) is 0 Å². The van der Waals surface area contributed by atoms with Crippen LogP contribution < -0.4 is 0 Å². The lowest BCUT2D eigenvalue weighted by Gasteiger charge is -2.27. The number of aliphatic imine (C=N–C) groups is 4. The number of urea groups is 4. The molecule has 0 bridgehead atoms. The SMILES string of the molecule is CN1C(=O)N(C)C2C1N(C)C(=Nc1cc(N=C3N(C)C4C(N(C)C(=O)N4C)N3C)c(N=C3N(C)C4C(N(C)C(=O)N4C)N3C)cc1N=C1N(C)C3C(N(C)C(=O)N3C)N1C)N2C. The molecule has 1 aromatic rings. The Labute approximate surface area is 361 Å². The predicted molar refractivity (Wildman–Crippen MR) is 231 cm³/mol. The quantitative estimate of drug-likeness (QED) is 0.390. The molecule has 0 aliphatic carbocycles. The number of benzene rings is 1. The van der Waals surface area contributed by atoms with Crippen LogP contribution in [0.15, 0.2) is 32.1 Å². The van der Waals surface area contributed by atoms with Crippen molar-refractivity contribution in [2.45, 2.75) is 49.3 Å². The topological polar surface area (TPSA) is 170 Å². The third-order valence-electron chi connectivity index (χ3n) is 14.3. The highest BCUT2D eigenvalue weighted by Gasteiger charge is 2.57. The van der Waals surface area contributed by atoms with Gasteiger partial charge in [0.15, 0.2) is 0 Å². The van der Waals surface area contributed by atoms with Gasteiger partial charge in [0.05, 0.1) is 22.7 Å². The Kier molecular flexibility index (Phi) is 8.84. The van der Waals surface area contributed by atoms with E-state index in [-0.39, 0.29) is 73.5 Å². The third kappa shape index (κ3) is 5.10. The van der Waals surface area contributed by atoms with E-state index in [4.69, 9.17) is 20.0 Å². The minimum absolute atomic E-state index is 0.0852. The molecule has 0 spiro atoms. The van der Waals surface area contributed by atoms with Crippen LogP contribution >= 0.6 is 0 Å². The standard InChI is InChI=1S/C38H58N20O4/c1-43-23-24(52(10)35(59)51(23)9)44(2)31(43)39-19-17-21(41-33-47(5)27-28(48(33)6)56(14)37(61)55(27)13)22(42-34-49(7)29-30(50(34)8)58(16)38(62)57(29)15)18-20(19)40-32-45(3)25-26(46(32)4)54(12)36(60)53(25)11/h17-18,23-30H,1-16H3. The van der Waals surface area contributed by atoms with Crippen molar-refractivity contribution in [2.75, 3.05) is 113 Å². The van der Waals surface area contributed by atoms with Crippen molar-refractivity contribution in [1.82, 2.24) is 78.4 Å². The first-order valence-electron chi connectivity index (χ1n) is 20.5. The Balaban J connectivity index is 1.26. The molecule has 0 N–H and O–H groups in total. The van der Waals surface area contributed by atoms with E-state index < -0.39 is 0 Å². The predicted octanol–water partition coefficient (Wildman–Crippen LogP) is -0.257. The fourth-order valence-corrected chi connectivity index (χ4v) is 11.1. The van der Waals surface area contributed by atoms with Crippen LogP contribution in [0.3, 0.4) is 0 Å². The summed E-state index contributed by atoms with van der Waals surface area (Å²) in [5, 5.41) is 0. The summed E-state index contributed by atoms with van der Waals surface area (Å²) in [6.07, 6.45) is -2.34. The van der Waals surface area contributed by atoms with E-state index in [9.17, 15) is 19.2 Å². The lowest BCUT2D eigenvalue weighted by molar-refractivity contribution is 0.171. The van der Waals surface area contributed by atoms with Gasteiger partial charge in [0.1, 0.15) is 49.3 Å². The second-order valence-corrected chi connectivity index (χ2v) is 17.7. The van der Waals surface area contributed by atoms with E-state index in [1.165, 1.54) is 0 Å². The van der Waals surface area contributed by atoms with Gasteiger partial charge in [-0.05, 0) is 12.1 Å². The maximum absolute atomic E-state index is 13.1. The van der Waals surface area contributed by atoms with Gasteiger partial charge in [-0.3, -0.25) is 0 Å². The number of hydrogen-bond acceptors (Lipinski definition) is 8. The zero-order valence-electron chi connectivity index (χ0n) is 38.4. The number of likely N-dealkylation sites (N-methyl/N-ethyl adjacent to an activating group) is 16. The number of fused-ring (bicyclic) bond motifs is 4. The molecule has 8 fully saturated rings. The van der Waals surface area contributed by atoms with Crippen LogP contribution in [-0.4, -0.2) is 288 Å². The average molecular weight is 859 g/mol. The molecule has 334 valence electrons. The monoisotopic (exact) mass is 858 g/mol. The molecule has 8 aliphatic heterocycles. The number of carbonyl (C=O) groups excluding carboxylic acids is 4. The van der Waals surface area contributed by atoms with Crippen LogP contribution in [0.2, 0.25) is 0 Å². The number of carbonyl (C=O) groups is 4. The molecular formula is C38H58N20O4. The maximum Gasteiger partial charge on any atom is 0.323 e. The summed E-state index contributed by atoms with van der Waals surface area (Å²) in [4.78, 5) is 103. The smallest absolute Gasteiger partial charge is 0.321 e. The minimum atomic E-state index is -0.292. The average Bonchev–Trinajstić information content (AvgIpc) is 4.03. The van der Waals surface area contributed by atoms with Crippen molar-refractivity contribution < 1.29 is 19.2 Å². The Morgan fingerprint density at radius 2 is 0.387 bits per heavy atom. The Morgan fingerprint density at radius 3 is 0.516 bits per heavy atom. The first-order valence-corrected chi connectivity index (χ1v) is 20.5. The van der Waals surface area contributed by atoms with Crippen LogP contribution in [0.25, 0.3) is 0 Å². The normalized spacial score (nSPS) is 30.7. The van der Waals surface area contributed by atoms with E-state index in [1.807, 2.05) is 108 Å². The van der Waals surface area contributed by atoms with Gasteiger partial charge in [-0.1, -0.05) is 0 Å². The molecule has 8 unspecified atom stereocenters. The van der Waals surface area contributed by atoms with E-state index in [0.717, 1.165) is 0 Å². The van der Waals surface area contributed by atoms with Crippen molar-refractivity contribution in [2.24, 2.45) is 20.0 Å². The molecule has 8 atom stereocenters. The number of rotatable bonds is 4. The number of nitrogens with zero attached hydrogens (tertiary/aromatic N) is 20. The van der Waals surface area contributed by atoms with Crippen molar-refractivity contribution in [3.05, 3.63) is 12.1 Å². The van der Waals surface area contributed by atoms with E-state index >= 15 is 0 Å². The lowest BCUT2D eigenvalue weighted by atomic mass is 10.2. The first-order chi connectivity index (χ1) is 29.1. The number of amides is 8. The van der Waals surface area contributed by atoms with Crippen molar-refractivity contribution in [3.8, 4) is 0 Å². The molecule has 1 aromatic carbocycles. The highest BCUT2D eigenvalue weighted by Crippen LogP contribution is 2.45. The van der Waals surface area contributed by atoms with Crippen LogP contribution in [0.5, 0.6) is 0 Å². The molecule has 8 heterocycles. The molecule has 24 nitrogen and oxygen atoms in total. The second kappa shape index (κ2) is 13.4. The molecule has 0 radical (unpaired) electrons. The highest BCUT2D eigenvalue weighted by atomic mass is 16.2. The number of hydrogen-bond donors (Lipinski definition) is 0. The fraction of sp³-hybridized carbons (Fsp3) is 0.632. The van der Waals surface area contributed by atoms with Gasteiger partial charge < -0.3 is 78.4 Å². The van der Waals surface area contributed by atoms with Gasteiger partial charge in [-0.15, -0.1) is 0 Å². The minimum Gasteiger partial charge on any atom is -0.321 e. The zero-order chi connectivity index (χ0) is 45.0. The highest BCUT2D eigenvalue weighted by molar-refractivity contribution is 5.98. The molecule has 9 rings (SSSR count).